The smallest absolute Gasteiger partial charge is 0.263 e. The van der Waals surface area contributed by atoms with E-state index in [0.717, 1.165) is 25.7 Å². The van der Waals surface area contributed by atoms with Crippen LogP contribution in [0.4, 0.5) is 11.5 Å². The number of nitrogens with zero attached hydrogens (tertiary/aromatic N) is 5. The molecule has 3 aromatic heterocycles. The van der Waals surface area contributed by atoms with Crippen molar-refractivity contribution in [1.29, 1.82) is 0 Å². The summed E-state index contributed by atoms with van der Waals surface area (Å²) in [5.41, 5.74) is 7.93. The number of benzene rings is 1. The van der Waals surface area contributed by atoms with Crippen LogP contribution in [-0.4, -0.2) is 54.8 Å². The molecule has 0 aliphatic heterocycles. The van der Waals surface area contributed by atoms with E-state index in [-0.39, 0.29) is 24.0 Å². The molecule has 1 aliphatic rings. The third kappa shape index (κ3) is 4.85. The van der Waals surface area contributed by atoms with Gasteiger partial charge in [0.05, 0.1) is 19.3 Å². The number of anilines is 2. The summed E-state index contributed by atoms with van der Waals surface area (Å²) in [6.45, 7) is 0.183. The van der Waals surface area contributed by atoms with Crippen LogP contribution in [0.1, 0.15) is 36.0 Å². The summed E-state index contributed by atoms with van der Waals surface area (Å²) >= 11 is 6.27. The molecule has 0 bridgehead atoms. The van der Waals surface area contributed by atoms with Crippen LogP contribution in [0.15, 0.2) is 42.9 Å². The fraction of sp³-hybridized carbons (Fsp3) is 0.333. The van der Waals surface area contributed by atoms with Crippen LogP contribution in [0.5, 0.6) is 5.75 Å². The van der Waals surface area contributed by atoms with Crippen molar-refractivity contribution >= 4 is 34.7 Å². The van der Waals surface area contributed by atoms with Crippen molar-refractivity contribution in [2.75, 3.05) is 18.2 Å². The molecule has 188 valence electrons. The molecule has 1 aliphatic carbocycles. The van der Waals surface area contributed by atoms with Crippen molar-refractivity contribution in [1.82, 2.24) is 29.7 Å². The average Bonchev–Trinajstić information content (AvgIpc) is 3.57. The second-order valence-electron chi connectivity index (χ2n) is 8.72. The van der Waals surface area contributed by atoms with Crippen LogP contribution in [0, 0.1) is 0 Å². The Bertz CT molecular complexity index is 1400. The molecule has 1 amide bonds. The number of carbonyl (C=O) groups excluding carboxylic acids is 1. The van der Waals surface area contributed by atoms with Crippen molar-refractivity contribution in [3.63, 3.8) is 0 Å². The lowest BCUT2D eigenvalue weighted by molar-refractivity contribution is 0.101. The Hall–Kier alpha value is -3.67. The summed E-state index contributed by atoms with van der Waals surface area (Å²) in [7, 11) is 1.54. The number of nitrogen functional groups attached to an aromatic ring is 1. The van der Waals surface area contributed by atoms with Gasteiger partial charge in [0, 0.05) is 35.2 Å². The van der Waals surface area contributed by atoms with Crippen LogP contribution in [0.3, 0.4) is 0 Å². The minimum Gasteiger partial charge on any atom is -0.496 e. The highest BCUT2D eigenvalue weighted by Gasteiger charge is 2.24. The average molecular weight is 511 g/mol. The first-order valence-electron chi connectivity index (χ1n) is 11.7. The van der Waals surface area contributed by atoms with Gasteiger partial charge in [-0.1, -0.05) is 24.4 Å². The Morgan fingerprint density at radius 2 is 2.14 bits per heavy atom. The molecule has 1 unspecified atom stereocenters. The number of methoxy groups -OCH3 is 1. The number of hydrogen-bond acceptors (Lipinski definition) is 8. The summed E-state index contributed by atoms with van der Waals surface area (Å²) in [5, 5.41) is 26.1. The topological polar surface area (TPSA) is 145 Å². The summed E-state index contributed by atoms with van der Waals surface area (Å²) in [6, 6.07) is 7.13. The number of ether oxygens (including phenoxy) is 1. The number of fused-ring (bicyclic) bond motifs is 1. The first kappa shape index (κ1) is 24.0. The standard InChI is InChI=1S/C24H27ClN8O3/c1-36-18-8-7-14(25)11-16(18)21-17(12-32(30-21)13-19(34)28-15-5-2-3-6-15)29-24(35)20-22(26)31-33-10-4-9-27-23(20)33/h4,7-12,15,19,28,34H,2-3,5-6,13H2,1H3,(H2,26,31)(H,29,35). The van der Waals surface area contributed by atoms with Crippen molar-refractivity contribution in [2.45, 2.75) is 44.5 Å². The van der Waals surface area contributed by atoms with Crippen molar-refractivity contribution in [3.05, 3.63) is 53.4 Å². The Balaban J connectivity index is 1.49. The number of carbonyl (C=O) groups is 1. The second kappa shape index (κ2) is 10.1. The molecule has 1 aromatic carbocycles. The number of amides is 1. The molecule has 5 N–H and O–H groups in total. The first-order chi connectivity index (χ1) is 17.4. The van der Waals surface area contributed by atoms with E-state index in [4.69, 9.17) is 22.1 Å². The van der Waals surface area contributed by atoms with Gasteiger partial charge in [-0.15, -0.1) is 5.10 Å². The molecule has 36 heavy (non-hydrogen) atoms. The molecule has 0 saturated heterocycles. The lowest BCUT2D eigenvalue weighted by Gasteiger charge is -2.18. The highest BCUT2D eigenvalue weighted by atomic mass is 35.5. The minimum absolute atomic E-state index is 0.0525. The van der Waals surface area contributed by atoms with E-state index >= 15 is 0 Å². The molecule has 12 heteroatoms. The Labute approximate surface area is 212 Å². The van der Waals surface area contributed by atoms with Crippen molar-refractivity contribution in [3.8, 4) is 17.0 Å². The van der Waals surface area contributed by atoms with Crippen LogP contribution in [0.25, 0.3) is 16.9 Å². The lowest BCUT2D eigenvalue weighted by Crippen LogP contribution is -2.39. The number of rotatable bonds is 8. The highest BCUT2D eigenvalue weighted by Crippen LogP contribution is 2.36. The first-order valence-corrected chi connectivity index (χ1v) is 12.1. The number of hydrogen-bond donors (Lipinski definition) is 4. The molecule has 0 radical (unpaired) electrons. The predicted molar refractivity (Wildman–Crippen MR) is 136 cm³/mol. The summed E-state index contributed by atoms with van der Waals surface area (Å²) < 4.78 is 8.54. The van der Waals surface area contributed by atoms with Gasteiger partial charge in [0.25, 0.3) is 5.91 Å². The van der Waals surface area contributed by atoms with Gasteiger partial charge < -0.3 is 20.9 Å². The zero-order valence-electron chi connectivity index (χ0n) is 19.7. The van der Waals surface area contributed by atoms with Crippen LogP contribution >= 0.6 is 11.6 Å². The monoisotopic (exact) mass is 510 g/mol. The molecular weight excluding hydrogens is 484 g/mol. The van der Waals surface area contributed by atoms with Gasteiger partial charge in [0.1, 0.15) is 23.2 Å². The number of nitrogens with two attached hydrogens (primary N) is 1. The summed E-state index contributed by atoms with van der Waals surface area (Å²) in [5.74, 6) is 0.0891. The zero-order valence-corrected chi connectivity index (χ0v) is 20.4. The van der Waals surface area contributed by atoms with Gasteiger partial charge in [-0.2, -0.15) is 5.10 Å². The van der Waals surface area contributed by atoms with Gasteiger partial charge in [-0.05, 0) is 37.1 Å². The summed E-state index contributed by atoms with van der Waals surface area (Å²) in [4.78, 5) is 17.6. The van der Waals surface area contributed by atoms with E-state index < -0.39 is 12.1 Å². The molecule has 0 spiro atoms. The van der Waals surface area contributed by atoms with Gasteiger partial charge >= 0.3 is 0 Å². The normalized spacial score (nSPS) is 14.9. The van der Waals surface area contributed by atoms with E-state index in [1.54, 1.807) is 54.6 Å². The molecule has 11 nitrogen and oxygen atoms in total. The van der Waals surface area contributed by atoms with Crippen LogP contribution < -0.4 is 21.1 Å². The number of aliphatic hydroxyl groups excluding tert-OH is 1. The molecule has 1 atom stereocenters. The van der Waals surface area contributed by atoms with E-state index in [2.05, 4.69) is 25.8 Å². The SMILES string of the molecule is COc1ccc(Cl)cc1-c1nn(CC(O)NC2CCCC2)cc1NC(=O)c1c(N)nn2cccnc12. The minimum atomic E-state index is -0.801. The van der Waals surface area contributed by atoms with E-state index in [9.17, 15) is 9.90 Å². The largest absolute Gasteiger partial charge is 0.496 e. The maximum atomic E-state index is 13.3. The van der Waals surface area contributed by atoms with Gasteiger partial charge in [-0.25, -0.2) is 9.50 Å². The van der Waals surface area contributed by atoms with E-state index in [0.29, 0.717) is 33.4 Å². The van der Waals surface area contributed by atoms with Gasteiger partial charge in [0.2, 0.25) is 0 Å². The molecule has 5 rings (SSSR count). The van der Waals surface area contributed by atoms with Gasteiger partial charge in [0.15, 0.2) is 11.5 Å². The van der Waals surface area contributed by atoms with E-state index in [1.807, 2.05) is 0 Å². The highest BCUT2D eigenvalue weighted by molar-refractivity contribution is 6.31. The van der Waals surface area contributed by atoms with Crippen molar-refractivity contribution in [2.24, 2.45) is 0 Å². The van der Waals surface area contributed by atoms with Gasteiger partial charge in [-0.3, -0.25) is 14.8 Å². The number of nitrogens with one attached hydrogen (secondary N) is 2. The third-order valence-electron chi connectivity index (χ3n) is 6.22. The van der Waals surface area contributed by atoms with Crippen molar-refractivity contribution < 1.29 is 14.6 Å². The van der Waals surface area contributed by atoms with Crippen LogP contribution in [-0.2, 0) is 6.54 Å². The Kier molecular flexibility index (Phi) is 6.77. The lowest BCUT2D eigenvalue weighted by atomic mass is 10.1. The number of halogens is 1. The fourth-order valence-corrected chi connectivity index (χ4v) is 4.74. The fourth-order valence-electron chi connectivity index (χ4n) is 4.57. The molecular formula is C24H27ClN8O3. The predicted octanol–water partition coefficient (Wildman–Crippen LogP) is 2.94. The molecule has 1 fully saturated rings. The Morgan fingerprint density at radius 1 is 1.33 bits per heavy atom. The molecule has 3 heterocycles. The maximum Gasteiger partial charge on any atom is 0.263 e. The molecule has 1 saturated carbocycles. The number of aliphatic hydroxyl groups is 1. The van der Waals surface area contributed by atoms with Crippen LogP contribution in [0.2, 0.25) is 5.02 Å². The second-order valence-corrected chi connectivity index (χ2v) is 9.16. The third-order valence-corrected chi connectivity index (χ3v) is 6.45. The molecule has 4 aromatic rings. The maximum absolute atomic E-state index is 13.3. The Morgan fingerprint density at radius 3 is 2.92 bits per heavy atom. The quantitative estimate of drug-likeness (QED) is 0.265. The van der Waals surface area contributed by atoms with E-state index in [1.165, 1.54) is 4.52 Å². The zero-order chi connectivity index (χ0) is 25.2. The summed E-state index contributed by atoms with van der Waals surface area (Å²) in [6.07, 6.45) is 8.47. The number of aromatic nitrogens is 5.